The van der Waals surface area contributed by atoms with Gasteiger partial charge in [-0.3, -0.25) is 19.5 Å². The normalized spacial score (nSPS) is 17.4. The number of ether oxygens (including phenoxy) is 1. The van der Waals surface area contributed by atoms with Crippen molar-refractivity contribution in [2.75, 3.05) is 13.2 Å². The van der Waals surface area contributed by atoms with Crippen LogP contribution in [0.1, 0.15) is 12.0 Å². The fourth-order valence-electron chi connectivity index (χ4n) is 1.95. The van der Waals surface area contributed by atoms with E-state index in [1.807, 2.05) is 0 Å². The van der Waals surface area contributed by atoms with Gasteiger partial charge in [0.25, 0.3) is 0 Å². The van der Waals surface area contributed by atoms with Gasteiger partial charge in [-0.1, -0.05) is 0 Å². The molecule has 0 spiro atoms. The van der Waals surface area contributed by atoms with E-state index in [4.69, 9.17) is 10.5 Å². The number of cyclic esters (lactones) is 1. The summed E-state index contributed by atoms with van der Waals surface area (Å²) in [5.41, 5.74) is 5.84. The molecule has 0 bridgehead atoms. The maximum Gasteiger partial charge on any atom is 0.410 e. The highest BCUT2D eigenvalue weighted by Crippen LogP contribution is 2.16. The summed E-state index contributed by atoms with van der Waals surface area (Å²) in [4.78, 5) is 39.6. The van der Waals surface area contributed by atoms with Gasteiger partial charge in [-0.15, -0.1) is 0 Å². The van der Waals surface area contributed by atoms with Crippen LogP contribution in [-0.2, 0) is 20.9 Å². The number of aromatic nitrogens is 1. The molecule has 1 aliphatic heterocycles. The van der Waals surface area contributed by atoms with Crippen molar-refractivity contribution in [2.45, 2.75) is 19.0 Å². The van der Waals surface area contributed by atoms with E-state index >= 15 is 0 Å². The first kappa shape index (κ1) is 14.8. The molecule has 3 N–H and O–H groups in total. The summed E-state index contributed by atoms with van der Waals surface area (Å²) in [5.74, 6) is -0.862. The number of amides is 3. The van der Waals surface area contributed by atoms with Crippen LogP contribution in [-0.4, -0.2) is 47.0 Å². The zero-order valence-corrected chi connectivity index (χ0v) is 11.3. The summed E-state index contributed by atoms with van der Waals surface area (Å²) in [6.07, 6.45) is 2.73. The number of rotatable bonds is 6. The Morgan fingerprint density at radius 3 is 2.81 bits per heavy atom. The topological polar surface area (TPSA) is 115 Å². The molecular weight excluding hydrogens is 276 g/mol. The lowest BCUT2D eigenvalue weighted by atomic mass is 10.2. The van der Waals surface area contributed by atoms with E-state index in [0.717, 1.165) is 5.56 Å². The van der Waals surface area contributed by atoms with Gasteiger partial charge in [0.05, 0.1) is 6.54 Å². The molecule has 8 nitrogen and oxygen atoms in total. The molecule has 1 aromatic heterocycles. The molecule has 1 saturated heterocycles. The van der Waals surface area contributed by atoms with Crippen LogP contribution >= 0.6 is 0 Å². The minimum atomic E-state index is -0.710. The highest BCUT2D eigenvalue weighted by molar-refractivity contribution is 5.88. The van der Waals surface area contributed by atoms with Crippen molar-refractivity contribution < 1.29 is 19.1 Å². The van der Waals surface area contributed by atoms with Gasteiger partial charge in [0.1, 0.15) is 12.6 Å². The van der Waals surface area contributed by atoms with Crippen LogP contribution in [0.2, 0.25) is 0 Å². The second-order valence-electron chi connectivity index (χ2n) is 4.58. The monoisotopic (exact) mass is 292 g/mol. The van der Waals surface area contributed by atoms with E-state index in [-0.39, 0.29) is 32.0 Å². The molecule has 1 aliphatic rings. The Kier molecular flexibility index (Phi) is 4.70. The molecule has 0 radical (unpaired) electrons. The Hall–Kier alpha value is -2.64. The Bertz CT molecular complexity index is 534. The van der Waals surface area contributed by atoms with E-state index < -0.39 is 18.0 Å². The summed E-state index contributed by atoms with van der Waals surface area (Å²) in [6.45, 7) is 0.392. The van der Waals surface area contributed by atoms with Gasteiger partial charge in [0.15, 0.2) is 0 Å². The third-order valence-electron chi connectivity index (χ3n) is 3.05. The lowest BCUT2D eigenvalue weighted by Gasteiger charge is -2.20. The van der Waals surface area contributed by atoms with Crippen LogP contribution in [0, 0.1) is 0 Å². The number of primary amides is 1. The van der Waals surface area contributed by atoms with Gasteiger partial charge in [-0.25, -0.2) is 4.79 Å². The van der Waals surface area contributed by atoms with Gasteiger partial charge in [0, 0.05) is 25.4 Å². The average Bonchev–Trinajstić information content (AvgIpc) is 2.81. The SMILES string of the molecule is NC(=O)CCNC(=O)[C@@H]1COC(=O)N1Cc1ccncc1. The summed E-state index contributed by atoms with van der Waals surface area (Å²) >= 11 is 0. The van der Waals surface area contributed by atoms with Crippen LogP contribution in [0.4, 0.5) is 4.79 Å². The summed E-state index contributed by atoms with van der Waals surface area (Å²) in [7, 11) is 0. The van der Waals surface area contributed by atoms with Crippen LogP contribution in [0.5, 0.6) is 0 Å². The number of carbonyl (C=O) groups is 3. The van der Waals surface area contributed by atoms with Crippen molar-refractivity contribution in [1.29, 1.82) is 0 Å². The zero-order chi connectivity index (χ0) is 15.2. The minimum absolute atomic E-state index is 0.00762. The number of hydrogen-bond donors (Lipinski definition) is 2. The second kappa shape index (κ2) is 6.69. The second-order valence-corrected chi connectivity index (χ2v) is 4.58. The van der Waals surface area contributed by atoms with Crippen LogP contribution < -0.4 is 11.1 Å². The minimum Gasteiger partial charge on any atom is -0.447 e. The van der Waals surface area contributed by atoms with Gasteiger partial charge in [0.2, 0.25) is 11.8 Å². The lowest BCUT2D eigenvalue weighted by molar-refractivity contribution is -0.125. The number of pyridine rings is 1. The number of hydrogen-bond acceptors (Lipinski definition) is 5. The molecule has 0 saturated carbocycles. The summed E-state index contributed by atoms with van der Waals surface area (Å²) < 4.78 is 4.92. The van der Waals surface area contributed by atoms with Crippen molar-refractivity contribution in [2.24, 2.45) is 5.73 Å². The number of nitrogens with zero attached hydrogens (tertiary/aromatic N) is 2. The van der Waals surface area contributed by atoms with E-state index in [2.05, 4.69) is 10.3 Å². The molecule has 21 heavy (non-hydrogen) atoms. The summed E-state index contributed by atoms with van der Waals surface area (Å²) in [5, 5.41) is 2.57. The molecule has 0 aromatic carbocycles. The Labute approximate surface area is 121 Å². The van der Waals surface area contributed by atoms with E-state index in [1.165, 1.54) is 4.90 Å². The first-order valence-electron chi connectivity index (χ1n) is 6.46. The third-order valence-corrected chi connectivity index (χ3v) is 3.05. The molecule has 3 amide bonds. The Morgan fingerprint density at radius 1 is 1.43 bits per heavy atom. The molecule has 2 rings (SSSR count). The highest BCUT2D eigenvalue weighted by Gasteiger charge is 2.37. The maximum absolute atomic E-state index is 12.0. The predicted octanol–water partition coefficient (Wildman–Crippen LogP) is -0.606. The van der Waals surface area contributed by atoms with E-state index in [1.54, 1.807) is 24.5 Å². The van der Waals surface area contributed by atoms with Crippen LogP contribution in [0.3, 0.4) is 0 Å². The lowest BCUT2D eigenvalue weighted by Crippen LogP contribution is -2.46. The molecular formula is C13H16N4O4. The van der Waals surface area contributed by atoms with Gasteiger partial charge in [-0.05, 0) is 17.7 Å². The molecule has 112 valence electrons. The Balaban J connectivity index is 1.96. The van der Waals surface area contributed by atoms with Crippen molar-refractivity contribution in [3.8, 4) is 0 Å². The number of nitrogens with two attached hydrogens (primary N) is 1. The van der Waals surface area contributed by atoms with Gasteiger partial charge >= 0.3 is 6.09 Å². The molecule has 8 heteroatoms. The van der Waals surface area contributed by atoms with Crippen molar-refractivity contribution in [3.63, 3.8) is 0 Å². The smallest absolute Gasteiger partial charge is 0.410 e. The standard InChI is InChI=1S/C13H16N4O4/c14-11(18)3-6-16-12(19)10-8-21-13(20)17(10)7-9-1-4-15-5-2-9/h1-2,4-5,10H,3,6-8H2,(H2,14,18)(H,16,19)/t10-/m0/s1. The highest BCUT2D eigenvalue weighted by atomic mass is 16.6. The first-order chi connectivity index (χ1) is 10.1. The van der Waals surface area contributed by atoms with Crippen LogP contribution in [0.25, 0.3) is 0 Å². The first-order valence-corrected chi connectivity index (χ1v) is 6.46. The zero-order valence-electron chi connectivity index (χ0n) is 11.3. The largest absolute Gasteiger partial charge is 0.447 e. The van der Waals surface area contributed by atoms with E-state index in [0.29, 0.717) is 0 Å². The molecule has 2 heterocycles. The van der Waals surface area contributed by atoms with Crippen LogP contribution in [0.15, 0.2) is 24.5 Å². The maximum atomic E-state index is 12.0. The molecule has 0 unspecified atom stereocenters. The fourth-order valence-corrected chi connectivity index (χ4v) is 1.95. The fraction of sp³-hybridized carbons (Fsp3) is 0.385. The molecule has 1 aromatic rings. The summed E-state index contributed by atoms with van der Waals surface area (Å²) in [6, 6.07) is 2.81. The average molecular weight is 292 g/mol. The molecule has 1 fully saturated rings. The van der Waals surface area contributed by atoms with Crippen molar-refractivity contribution in [3.05, 3.63) is 30.1 Å². The number of nitrogens with one attached hydrogen (secondary N) is 1. The molecule has 1 atom stereocenters. The van der Waals surface area contributed by atoms with Crippen molar-refractivity contribution >= 4 is 17.9 Å². The third kappa shape index (κ3) is 3.91. The van der Waals surface area contributed by atoms with Gasteiger partial charge < -0.3 is 15.8 Å². The van der Waals surface area contributed by atoms with Gasteiger partial charge in [-0.2, -0.15) is 0 Å². The quantitative estimate of drug-likeness (QED) is 0.726. The van der Waals surface area contributed by atoms with Crippen molar-refractivity contribution in [1.82, 2.24) is 15.2 Å². The predicted molar refractivity (Wildman–Crippen MR) is 71.7 cm³/mol. The molecule has 0 aliphatic carbocycles. The number of carbonyl (C=O) groups excluding carboxylic acids is 3. The Morgan fingerprint density at radius 2 is 2.14 bits per heavy atom. The van der Waals surface area contributed by atoms with E-state index in [9.17, 15) is 14.4 Å².